The Morgan fingerprint density at radius 2 is 2.19 bits per heavy atom. The SMILES string of the molecule is Cn1ccn(-c2cccc(C3CC(C(=O)O)CN3)c2)c1=O. The lowest BCUT2D eigenvalue weighted by Gasteiger charge is -2.12. The topological polar surface area (TPSA) is 76.3 Å². The Morgan fingerprint density at radius 1 is 1.38 bits per heavy atom. The third-order valence-electron chi connectivity index (χ3n) is 3.98. The van der Waals surface area contributed by atoms with Crippen molar-refractivity contribution < 1.29 is 9.90 Å². The molecule has 1 aromatic heterocycles. The quantitative estimate of drug-likeness (QED) is 0.880. The summed E-state index contributed by atoms with van der Waals surface area (Å²) in [4.78, 5) is 23.0. The van der Waals surface area contributed by atoms with Crippen LogP contribution >= 0.6 is 0 Å². The number of aryl methyl sites for hydroxylation is 1. The Hall–Kier alpha value is -2.34. The summed E-state index contributed by atoms with van der Waals surface area (Å²) in [5.41, 5.74) is 1.70. The Balaban J connectivity index is 1.89. The van der Waals surface area contributed by atoms with Crippen molar-refractivity contribution in [1.29, 1.82) is 0 Å². The molecule has 6 nitrogen and oxygen atoms in total. The van der Waals surface area contributed by atoms with E-state index in [1.165, 1.54) is 4.57 Å². The molecule has 1 fully saturated rings. The van der Waals surface area contributed by atoms with Gasteiger partial charge >= 0.3 is 11.7 Å². The molecule has 0 radical (unpaired) electrons. The number of carbonyl (C=O) groups is 1. The van der Waals surface area contributed by atoms with Gasteiger partial charge in [0, 0.05) is 32.0 Å². The number of benzene rings is 1. The maximum Gasteiger partial charge on any atom is 0.332 e. The van der Waals surface area contributed by atoms with Crippen LogP contribution in [0.1, 0.15) is 18.0 Å². The standard InChI is InChI=1S/C15H17N3O3/c1-17-5-6-18(15(17)21)12-4-2-3-10(7-12)13-8-11(9-16-13)14(19)20/h2-7,11,13,16H,8-9H2,1H3,(H,19,20). The van der Waals surface area contributed by atoms with Crippen molar-refractivity contribution in [3.8, 4) is 5.69 Å². The third-order valence-corrected chi connectivity index (χ3v) is 3.98. The number of carboxylic acid groups (broad SMARTS) is 1. The summed E-state index contributed by atoms with van der Waals surface area (Å²) >= 11 is 0. The lowest BCUT2D eigenvalue weighted by Crippen LogP contribution is -2.21. The zero-order chi connectivity index (χ0) is 15.0. The lowest BCUT2D eigenvalue weighted by atomic mass is 10.00. The maximum atomic E-state index is 12.0. The zero-order valence-corrected chi connectivity index (χ0v) is 11.7. The smallest absolute Gasteiger partial charge is 0.332 e. The molecule has 2 aromatic rings. The molecule has 0 bridgehead atoms. The highest BCUT2D eigenvalue weighted by atomic mass is 16.4. The van der Waals surface area contributed by atoms with E-state index in [1.807, 2.05) is 24.3 Å². The third kappa shape index (κ3) is 2.50. The first kappa shape index (κ1) is 13.6. The van der Waals surface area contributed by atoms with Crippen LogP contribution in [0.4, 0.5) is 0 Å². The van der Waals surface area contributed by atoms with Crippen LogP contribution in [0.25, 0.3) is 5.69 Å². The van der Waals surface area contributed by atoms with Gasteiger partial charge in [-0.05, 0) is 24.1 Å². The minimum Gasteiger partial charge on any atom is -0.481 e. The Kier molecular flexibility index (Phi) is 3.39. The fourth-order valence-corrected chi connectivity index (χ4v) is 2.73. The second-order valence-electron chi connectivity index (χ2n) is 5.39. The molecule has 1 aromatic carbocycles. The predicted octanol–water partition coefficient (Wildman–Crippen LogP) is 0.911. The van der Waals surface area contributed by atoms with Crippen LogP contribution in [0.2, 0.25) is 0 Å². The molecule has 2 N–H and O–H groups in total. The van der Waals surface area contributed by atoms with E-state index in [1.54, 1.807) is 24.0 Å². The van der Waals surface area contributed by atoms with Crippen LogP contribution in [0.3, 0.4) is 0 Å². The van der Waals surface area contributed by atoms with E-state index >= 15 is 0 Å². The number of carboxylic acids is 1. The van der Waals surface area contributed by atoms with Crippen LogP contribution in [-0.4, -0.2) is 26.8 Å². The number of nitrogens with zero attached hydrogens (tertiary/aromatic N) is 2. The summed E-state index contributed by atoms with van der Waals surface area (Å²) in [5, 5.41) is 12.3. The fraction of sp³-hybridized carbons (Fsp3) is 0.333. The fourth-order valence-electron chi connectivity index (χ4n) is 2.73. The van der Waals surface area contributed by atoms with E-state index in [0.29, 0.717) is 13.0 Å². The molecule has 0 aliphatic carbocycles. The summed E-state index contributed by atoms with van der Waals surface area (Å²) in [6, 6.07) is 7.67. The molecular weight excluding hydrogens is 270 g/mol. The van der Waals surface area contributed by atoms with Crippen LogP contribution < -0.4 is 11.0 Å². The number of aromatic nitrogens is 2. The van der Waals surface area contributed by atoms with Gasteiger partial charge < -0.3 is 15.0 Å². The molecular formula is C15H17N3O3. The molecule has 1 aliphatic rings. The normalized spacial score (nSPS) is 21.6. The molecule has 2 unspecified atom stereocenters. The van der Waals surface area contributed by atoms with Crippen molar-refractivity contribution in [2.75, 3.05) is 6.54 Å². The van der Waals surface area contributed by atoms with E-state index in [-0.39, 0.29) is 17.6 Å². The average Bonchev–Trinajstić information content (AvgIpc) is 3.08. The predicted molar refractivity (Wildman–Crippen MR) is 77.5 cm³/mol. The van der Waals surface area contributed by atoms with Crippen LogP contribution in [0, 0.1) is 5.92 Å². The second kappa shape index (κ2) is 5.21. The van der Waals surface area contributed by atoms with Crippen molar-refractivity contribution in [2.45, 2.75) is 12.5 Å². The summed E-state index contributed by atoms with van der Waals surface area (Å²) < 4.78 is 3.09. The number of rotatable bonds is 3. The van der Waals surface area contributed by atoms with Gasteiger partial charge in [0.05, 0.1) is 11.6 Å². The first-order valence-corrected chi connectivity index (χ1v) is 6.87. The van der Waals surface area contributed by atoms with Gasteiger partial charge in [0.25, 0.3) is 0 Å². The maximum absolute atomic E-state index is 12.0. The summed E-state index contributed by atoms with van der Waals surface area (Å²) in [6.07, 6.45) is 4.01. The van der Waals surface area contributed by atoms with Gasteiger partial charge in [-0.15, -0.1) is 0 Å². The molecule has 3 rings (SSSR count). The van der Waals surface area contributed by atoms with E-state index in [4.69, 9.17) is 5.11 Å². The highest BCUT2D eigenvalue weighted by molar-refractivity contribution is 5.70. The Bertz CT molecular complexity index is 732. The molecule has 2 heterocycles. The first-order valence-electron chi connectivity index (χ1n) is 6.87. The highest BCUT2D eigenvalue weighted by Crippen LogP contribution is 2.28. The van der Waals surface area contributed by atoms with Crippen LogP contribution in [0.5, 0.6) is 0 Å². The molecule has 1 aliphatic heterocycles. The summed E-state index contributed by atoms with van der Waals surface area (Å²) in [6.45, 7) is 0.482. The van der Waals surface area contributed by atoms with Gasteiger partial charge in [0.15, 0.2) is 0 Å². The molecule has 1 saturated heterocycles. The van der Waals surface area contributed by atoms with Gasteiger partial charge in [0.2, 0.25) is 0 Å². The van der Waals surface area contributed by atoms with Gasteiger partial charge in [-0.2, -0.15) is 0 Å². The molecule has 0 spiro atoms. The van der Waals surface area contributed by atoms with Gasteiger partial charge in [-0.3, -0.25) is 9.36 Å². The second-order valence-corrected chi connectivity index (χ2v) is 5.39. The Morgan fingerprint density at radius 3 is 2.81 bits per heavy atom. The van der Waals surface area contributed by atoms with Crippen LogP contribution in [0.15, 0.2) is 41.5 Å². The van der Waals surface area contributed by atoms with Crippen molar-refractivity contribution >= 4 is 5.97 Å². The summed E-state index contributed by atoms with van der Waals surface area (Å²) in [7, 11) is 1.71. The number of hydrogen-bond acceptors (Lipinski definition) is 3. The van der Waals surface area contributed by atoms with Gasteiger partial charge in [0.1, 0.15) is 0 Å². The lowest BCUT2D eigenvalue weighted by molar-refractivity contribution is -0.141. The number of nitrogens with one attached hydrogen (secondary N) is 1. The Labute approximate surface area is 121 Å². The highest BCUT2D eigenvalue weighted by Gasteiger charge is 2.30. The monoisotopic (exact) mass is 287 g/mol. The van der Waals surface area contributed by atoms with E-state index in [0.717, 1.165) is 11.3 Å². The number of aliphatic carboxylic acids is 1. The minimum atomic E-state index is -0.763. The summed E-state index contributed by atoms with van der Waals surface area (Å²) in [5.74, 6) is -1.11. The van der Waals surface area contributed by atoms with Crippen molar-refractivity contribution in [3.63, 3.8) is 0 Å². The van der Waals surface area contributed by atoms with E-state index < -0.39 is 5.97 Å². The number of imidazole rings is 1. The molecule has 2 atom stereocenters. The van der Waals surface area contributed by atoms with Gasteiger partial charge in [-0.25, -0.2) is 4.79 Å². The van der Waals surface area contributed by atoms with Crippen LogP contribution in [-0.2, 0) is 11.8 Å². The van der Waals surface area contributed by atoms with Crippen molar-refractivity contribution in [2.24, 2.45) is 13.0 Å². The van der Waals surface area contributed by atoms with Crippen molar-refractivity contribution in [3.05, 3.63) is 52.7 Å². The molecule has 110 valence electrons. The zero-order valence-electron chi connectivity index (χ0n) is 11.7. The molecule has 21 heavy (non-hydrogen) atoms. The van der Waals surface area contributed by atoms with Crippen molar-refractivity contribution in [1.82, 2.24) is 14.5 Å². The largest absolute Gasteiger partial charge is 0.481 e. The van der Waals surface area contributed by atoms with Gasteiger partial charge in [-0.1, -0.05) is 12.1 Å². The molecule has 6 heteroatoms. The number of hydrogen-bond donors (Lipinski definition) is 2. The van der Waals surface area contributed by atoms with E-state index in [2.05, 4.69) is 5.32 Å². The molecule has 0 saturated carbocycles. The average molecular weight is 287 g/mol. The first-order chi connectivity index (χ1) is 10.1. The van der Waals surface area contributed by atoms with E-state index in [9.17, 15) is 9.59 Å². The molecule has 0 amide bonds. The minimum absolute atomic E-state index is 0.0189.